The highest BCUT2D eigenvalue weighted by atomic mass is 16.5. The van der Waals surface area contributed by atoms with Crippen LogP contribution in [0.5, 0.6) is 0 Å². The summed E-state index contributed by atoms with van der Waals surface area (Å²) >= 11 is 0. The summed E-state index contributed by atoms with van der Waals surface area (Å²) in [6.45, 7) is 7.08. The summed E-state index contributed by atoms with van der Waals surface area (Å²) in [4.78, 5) is 40.1. The maximum atomic E-state index is 12.6. The Labute approximate surface area is 172 Å². The predicted molar refractivity (Wildman–Crippen MR) is 107 cm³/mol. The fourth-order valence-corrected chi connectivity index (χ4v) is 4.01. The summed E-state index contributed by atoms with van der Waals surface area (Å²) in [7, 11) is 0. The molecule has 8 nitrogen and oxygen atoms in total. The van der Waals surface area contributed by atoms with Gasteiger partial charge in [-0.05, 0) is 31.6 Å². The molecule has 8 heteroatoms. The van der Waals surface area contributed by atoms with Gasteiger partial charge >= 0.3 is 0 Å². The zero-order valence-corrected chi connectivity index (χ0v) is 17.5. The lowest BCUT2D eigenvalue weighted by atomic mass is 9.96. The number of amides is 3. The van der Waals surface area contributed by atoms with Gasteiger partial charge in [0.25, 0.3) is 0 Å². The fraction of sp³-hybridized carbons (Fsp3) is 0.714. The van der Waals surface area contributed by atoms with Crippen molar-refractivity contribution in [2.24, 2.45) is 11.8 Å². The van der Waals surface area contributed by atoms with E-state index in [-0.39, 0.29) is 23.6 Å². The number of aromatic nitrogens is 1. The van der Waals surface area contributed by atoms with Gasteiger partial charge in [0.05, 0.1) is 18.2 Å². The molecule has 2 aliphatic rings. The molecule has 0 saturated carbocycles. The van der Waals surface area contributed by atoms with Gasteiger partial charge in [0.1, 0.15) is 0 Å². The number of carbonyl (C=O) groups excluding carboxylic acids is 3. The van der Waals surface area contributed by atoms with Crippen LogP contribution in [0.2, 0.25) is 0 Å². The third-order valence-electron chi connectivity index (χ3n) is 5.56. The minimum Gasteiger partial charge on any atom is -0.359 e. The summed E-state index contributed by atoms with van der Waals surface area (Å²) in [5.41, 5.74) is 0.898. The average molecular weight is 405 g/mol. The zero-order valence-electron chi connectivity index (χ0n) is 17.5. The second-order valence-electron chi connectivity index (χ2n) is 8.51. The number of likely N-dealkylation sites (tertiary alicyclic amines) is 2. The first kappa shape index (κ1) is 21.3. The summed E-state index contributed by atoms with van der Waals surface area (Å²) in [6, 6.07) is 1.89. The maximum absolute atomic E-state index is 12.6. The molecule has 2 fully saturated rings. The summed E-state index contributed by atoms with van der Waals surface area (Å²) in [5.74, 6) is 1.18. The van der Waals surface area contributed by atoms with Crippen molar-refractivity contribution in [2.45, 2.75) is 58.9 Å². The molecule has 3 amide bonds. The molecule has 1 atom stereocenters. The van der Waals surface area contributed by atoms with Gasteiger partial charge in [-0.1, -0.05) is 19.0 Å². The van der Waals surface area contributed by atoms with E-state index in [1.165, 1.54) is 0 Å². The zero-order chi connectivity index (χ0) is 20.8. The number of rotatable bonds is 9. The molecule has 0 unspecified atom stereocenters. The Morgan fingerprint density at radius 2 is 2.00 bits per heavy atom. The molecule has 2 saturated heterocycles. The van der Waals surface area contributed by atoms with Gasteiger partial charge in [-0.25, -0.2) is 0 Å². The second-order valence-corrected chi connectivity index (χ2v) is 8.51. The molecule has 3 heterocycles. The molecule has 1 aromatic heterocycles. The van der Waals surface area contributed by atoms with Crippen LogP contribution >= 0.6 is 0 Å². The Kier molecular flexibility index (Phi) is 7.28. The van der Waals surface area contributed by atoms with Crippen molar-refractivity contribution in [2.75, 3.05) is 26.2 Å². The highest BCUT2D eigenvalue weighted by Gasteiger charge is 2.30. The first-order valence-corrected chi connectivity index (χ1v) is 10.7. The van der Waals surface area contributed by atoms with Gasteiger partial charge < -0.3 is 19.6 Å². The SMILES string of the molecule is CC(C)Cc1cc(CNC(=O)[C@@H]2CCC(=O)N(CCCN3CCCC3=O)C2)on1. The van der Waals surface area contributed by atoms with E-state index in [4.69, 9.17) is 4.52 Å². The molecule has 0 aliphatic carbocycles. The normalized spacial score (nSPS) is 20.0. The molecule has 1 N–H and O–H groups in total. The Bertz CT molecular complexity index is 730. The number of carbonyl (C=O) groups is 3. The topological polar surface area (TPSA) is 95.8 Å². The molecule has 1 aromatic rings. The first-order chi connectivity index (χ1) is 13.9. The molecule has 0 bridgehead atoms. The van der Waals surface area contributed by atoms with Gasteiger partial charge in [0.2, 0.25) is 17.7 Å². The van der Waals surface area contributed by atoms with Crippen molar-refractivity contribution in [1.82, 2.24) is 20.3 Å². The largest absolute Gasteiger partial charge is 0.359 e. The van der Waals surface area contributed by atoms with Crippen LogP contribution in [0.25, 0.3) is 0 Å². The van der Waals surface area contributed by atoms with Crippen LogP contribution < -0.4 is 5.32 Å². The van der Waals surface area contributed by atoms with Gasteiger partial charge in [-0.3, -0.25) is 14.4 Å². The molecule has 0 aromatic carbocycles. The van der Waals surface area contributed by atoms with Crippen LogP contribution in [0, 0.1) is 11.8 Å². The van der Waals surface area contributed by atoms with Crippen molar-refractivity contribution < 1.29 is 18.9 Å². The van der Waals surface area contributed by atoms with Crippen LogP contribution in [0.3, 0.4) is 0 Å². The molecule has 3 rings (SSSR count). The first-order valence-electron chi connectivity index (χ1n) is 10.7. The molecule has 160 valence electrons. The van der Waals surface area contributed by atoms with E-state index < -0.39 is 0 Å². The fourth-order valence-electron chi connectivity index (χ4n) is 4.01. The number of nitrogens with zero attached hydrogens (tertiary/aromatic N) is 3. The Morgan fingerprint density at radius 1 is 1.24 bits per heavy atom. The smallest absolute Gasteiger partial charge is 0.225 e. The second kappa shape index (κ2) is 9.89. The third-order valence-corrected chi connectivity index (χ3v) is 5.56. The highest BCUT2D eigenvalue weighted by Crippen LogP contribution is 2.19. The van der Waals surface area contributed by atoms with Crippen LogP contribution in [-0.4, -0.2) is 58.9 Å². The van der Waals surface area contributed by atoms with Crippen molar-refractivity contribution in [3.8, 4) is 0 Å². The van der Waals surface area contributed by atoms with Crippen molar-refractivity contribution >= 4 is 17.7 Å². The third kappa shape index (κ3) is 6.05. The Balaban J connectivity index is 1.42. The molecule has 29 heavy (non-hydrogen) atoms. The maximum Gasteiger partial charge on any atom is 0.225 e. The summed E-state index contributed by atoms with van der Waals surface area (Å²) in [5, 5.41) is 6.95. The molecule has 0 spiro atoms. The monoisotopic (exact) mass is 404 g/mol. The van der Waals surface area contributed by atoms with Gasteiger partial charge in [0.15, 0.2) is 5.76 Å². The van der Waals surface area contributed by atoms with Gasteiger partial charge in [0, 0.05) is 45.1 Å². The molecule has 0 radical (unpaired) electrons. The molecule has 2 aliphatic heterocycles. The molecular weight excluding hydrogens is 372 g/mol. The minimum atomic E-state index is -0.209. The number of hydrogen-bond donors (Lipinski definition) is 1. The van der Waals surface area contributed by atoms with Crippen LogP contribution in [-0.2, 0) is 27.3 Å². The van der Waals surface area contributed by atoms with Crippen LogP contribution in [0.1, 0.15) is 57.4 Å². The van der Waals surface area contributed by atoms with Crippen molar-refractivity contribution in [3.05, 3.63) is 17.5 Å². The molecular formula is C21H32N4O4. The van der Waals surface area contributed by atoms with Crippen molar-refractivity contribution in [1.29, 1.82) is 0 Å². The van der Waals surface area contributed by atoms with Gasteiger partial charge in [-0.15, -0.1) is 0 Å². The Hall–Kier alpha value is -2.38. The number of piperidine rings is 1. The quantitative estimate of drug-likeness (QED) is 0.676. The van der Waals surface area contributed by atoms with E-state index >= 15 is 0 Å². The van der Waals surface area contributed by atoms with Crippen molar-refractivity contribution in [3.63, 3.8) is 0 Å². The van der Waals surface area contributed by atoms with Crippen LogP contribution in [0.4, 0.5) is 0 Å². The number of hydrogen-bond acceptors (Lipinski definition) is 5. The van der Waals surface area contributed by atoms with Gasteiger partial charge in [-0.2, -0.15) is 0 Å². The predicted octanol–water partition coefficient (Wildman–Crippen LogP) is 1.74. The average Bonchev–Trinajstić information content (AvgIpc) is 3.29. The lowest BCUT2D eigenvalue weighted by Crippen LogP contribution is -2.46. The van der Waals surface area contributed by atoms with E-state index in [0.717, 1.165) is 31.5 Å². The van der Waals surface area contributed by atoms with E-state index in [9.17, 15) is 14.4 Å². The standard InChI is InChI=1S/C21H32N4O4/c1-15(2)11-17-12-18(29-23-17)13-22-21(28)16-6-7-20(27)25(14-16)10-4-9-24-8-3-5-19(24)26/h12,15-16H,3-11,13-14H2,1-2H3,(H,22,28)/t16-/m1/s1. The summed E-state index contributed by atoms with van der Waals surface area (Å²) in [6.07, 6.45) is 4.12. The van der Waals surface area contributed by atoms with E-state index in [0.29, 0.717) is 57.1 Å². The lowest BCUT2D eigenvalue weighted by Gasteiger charge is -2.32. The Morgan fingerprint density at radius 3 is 2.72 bits per heavy atom. The minimum absolute atomic E-state index is 0.0565. The lowest BCUT2D eigenvalue weighted by molar-refractivity contribution is -0.138. The highest BCUT2D eigenvalue weighted by molar-refractivity contribution is 5.83. The van der Waals surface area contributed by atoms with E-state index in [1.54, 1.807) is 4.90 Å². The number of nitrogens with one attached hydrogen (secondary N) is 1. The van der Waals surface area contributed by atoms with E-state index in [1.807, 2.05) is 11.0 Å². The summed E-state index contributed by atoms with van der Waals surface area (Å²) < 4.78 is 5.29. The van der Waals surface area contributed by atoms with Crippen LogP contribution in [0.15, 0.2) is 10.6 Å². The van der Waals surface area contributed by atoms with E-state index in [2.05, 4.69) is 24.3 Å².